The van der Waals surface area contributed by atoms with Gasteiger partial charge in [-0.2, -0.15) is 0 Å². The standard InChI is InChI=1S/C22H29ClN6O3S/c1-13-12-14(25-19-16(18(24)30)17(23)26-20(27-19)33-5)6-7-15(13)28-8-10-29(11-9-28)21(31)32-22(2,3)4/h6-7,12H,8-11H2,1-5H3,(H2,24,30)(H,25,26,27). The Morgan fingerprint density at radius 2 is 1.85 bits per heavy atom. The molecule has 33 heavy (non-hydrogen) atoms. The molecule has 0 spiro atoms. The fraction of sp³-hybridized carbons (Fsp3) is 0.455. The first kappa shape index (κ1) is 24.9. The highest BCUT2D eigenvalue weighted by molar-refractivity contribution is 7.98. The van der Waals surface area contributed by atoms with E-state index in [-0.39, 0.29) is 22.6 Å². The Labute approximate surface area is 203 Å². The summed E-state index contributed by atoms with van der Waals surface area (Å²) in [6.07, 6.45) is 1.54. The fourth-order valence-corrected chi connectivity index (χ4v) is 4.17. The zero-order valence-corrected chi connectivity index (χ0v) is 21.0. The number of aromatic nitrogens is 2. The summed E-state index contributed by atoms with van der Waals surface area (Å²) < 4.78 is 5.47. The second-order valence-electron chi connectivity index (χ2n) is 8.67. The molecule has 11 heteroatoms. The number of piperazine rings is 1. The zero-order chi connectivity index (χ0) is 24.3. The van der Waals surface area contributed by atoms with Gasteiger partial charge in [0, 0.05) is 37.6 Å². The summed E-state index contributed by atoms with van der Waals surface area (Å²) in [4.78, 5) is 36.6. The second-order valence-corrected chi connectivity index (χ2v) is 9.80. The van der Waals surface area contributed by atoms with Crippen molar-refractivity contribution in [3.05, 3.63) is 34.5 Å². The molecule has 1 fully saturated rings. The molecule has 2 heterocycles. The van der Waals surface area contributed by atoms with Crippen LogP contribution in [0.5, 0.6) is 0 Å². The normalized spacial score (nSPS) is 14.2. The summed E-state index contributed by atoms with van der Waals surface area (Å²) >= 11 is 7.47. The van der Waals surface area contributed by atoms with Crippen LogP contribution in [-0.2, 0) is 4.74 Å². The minimum atomic E-state index is -0.702. The number of primary amides is 1. The topological polar surface area (TPSA) is 114 Å². The first-order chi connectivity index (χ1) is 15.5. The number of nitrogens with one attached hydrogen (secondary N) is 1. The first-order valence-electron chi connectivity index (χ1n) is 10.5. The number of benzene rings is 1. The maximum atomic E-state index is 12.3. The van der Waals surface area contributed by atoms with Crippen LogP contribution in [-0.4, -0.2) is 64.9 Å². The molecule has 1 aliphatic heterocycles. The van der Waals surface area contributed by atoms with Gasteiger partial charge in [-0.25, -0.2) is 14.8 Å². The van der Waals surface area contributed by atoms with Gasteiger partial charge in [-0.3, -0.25) is 4.79 Å². The van der Waals surface area contributed by atoms with Crippen LogP contribution in [0, 0.1) is 6.92 Å². The minimum Gasteiger partial charge on any atom is -0.444 e. The molecule has 178 valence electrons. The zero-order valence-electron chi connectivity index (χ0n) is 19.4. The summed E-state index contributed by atoms with van der Waals surface area (Å²) in [5.74, 6) is -0.434. The van der Waals surface area contributed by atoms with E-state index in [1.807, 2.05) is 52.1 Å². The van der Waals surface area contributed by atoms with Crippen LogP contribution in [0.2, 0.25) is 5.15 Å². The Balaban J connectivity index is 1.73. The monoisotopic (exact) mass is 492 g/mol. The van der Waals surface area contributed by atoms with Crippen LogP contribution in [0.4, 0.5) is 22.0 Å². The molecule has 0 bridgehead atoms. The molecular formula is C22H29ClN6O3S. The van der Waals surface area contributed by atoms with Crippen molar-refractivity contribution in [2.45, 2.75) is 38.5 Å². The van der Waals surface area contributed by atoms with E-state index in [0.717, 1.165) is 16.9 Å². The van der Waals surface area contributed by atoms with Crippen molar-refractivity contribution in [1.29, 1.82) is 0 Å². The summed E-state index contributed by atoms with van der Waals surface area (Å²) in [6.45, 7) is 10.2. The number of ether oxygens (including phenoxy) is 1. The molecule has 1 aliphatic rings. The molecule has 9 nitrogen and oxygen atoms in total. The van der Waals surface area contributed by atoms with Gasteiger partial charge in [0.15, 0.2) is 5.16 Å². The van der Waals surface area contributed by atoms with Crippen molar-refractivity contribution in [2.75, 3.05) is 42.7 Å². The molecule has 2 amide bonds. The fourth-order valence-electron chi connectivity index (χ4n) is 3.50. The third-order valence-corrected chi connectivity index (χ3v) is 5.83. The van der Waals surface area contributed by atoms with Crippen molar-refractivity contribution in [2.24, 2.45) is 5.73 Å². The molecule has 3 N–H and O–H groups in total. The van der Waals surface area contributed by atoms with Crippen molar-refractivity contribution in [3.8, 4) is 0 Å². The van der Waals surface area contributed by atoms with Crippen LogP contribution in [0.1, 0.15) is 36.7 Å². The van der Waals surface area contributed by atoms with Crippen LogP contribution in [0.25, 0.3) is 0 Å². The Hall–Kier alpha value is -2.72. The molecule has 0 radical (unpaired) electrons. The maximum Gasteiger partial charge on any atom is 0.410 e. The molecule has 0 unspecified atom stereocenters. The van der Waals surface area contributed by atoms with E-state index in [9.17, 15) is 9.59 Å². The lowest BCUT2D eigenvalue weighted by atomic mass is 10.1. The van der Waals surface area contributed by atoms with E-state index in [0.29, 0.717) is 31.3 Å². The SMILES string of the molecule is CSc1nc(Cl)c(C(N)=O)c(Nc2ccc(N3CCN(C(=O)OC(C)(C)C)CC3)c(C)c2)n1. The van der Waals surface area contributed by atoms with Gasteiger partial charge >= 0.3 is 6.09 Å². The summed E-state index contributed by atoms with van der Waals surface area (Å²) in [5.41, 5.74) is 7.88. The number of amides is 2. The Kier molecular flexibility index (Phi) is 7.58. The number of halogens is 1. The second kappa shape index (κ2) is 10.0. The number of nitrogens with zero attached hydrogens (tertiary/aromatic N) is 4. The highest BCUT2D eigenvalue weighted by Gasteiger charge is 2.26. The average Bonchev–Trinajstić information content (AvgIpc) is 2.72. The van der Waals surface area contributed by atoms with E-state index in [1.165, 1.54) is 11.8 Å². The van der Waals surface area contributed by atoms with Gasteiger partial charge in [0.05, 0.1) is 0 Å². The van der Waals surface area contributed by atoms with Gasteiger partial charge in [-0.05, 0) is 57.7 Å². The summed E-state index contributed by atoms with van der Waals surface area (Å²) in [6, 6.07) is 5.88. The number of carbonyl (C=O) groups is 2. The molecule has 2 aromatic rings. The van der Waals surface area contributed by atoms with E-state index >= 15 is 0 Å². The number of hydrogen-bond donors (Lipinski definition) is 2. The van der Waals surface area contributed by atoms with E-state index < -0.39 is 11.5 Å². The largest absolute Gasteiger partial charge is 0.444 e. The van der Waals surface area contributed by atoms with Gasteiger partial charge in [0.1, 0.15) is 22.1 Å². The minimum absolute atomic E-state index is 0.0144. The highest BCUT2D eigenvalue weighted by atomic mass is 35.5. The Morgan fingerprint density at radius 3 is 2.39 bits per heavy atom. The van der Waals surface area contributed by atoms with Gasteiger partial charge < -0.3 is 25.6 Å². The molecule has 0 aliphatic carbocycles. The van der Waals surface area contributed by atoms with Crippen molar-refractivity contribution >= 4 is 52.6 Å². The Morgan fingerprint density at radius 1 is 1.18 bits per heavy atom. The van der Waals surface area contributed by atoms with Gasteiger partial charge in [-0.15, -0.1) is 0 Å². The number of rotatable bonds is 5. The number of hydrogen-bond acceptors (Lipinski definition) is 8. The first-order valence-corrected chi connectivity index (χ1v) is 12.1. The van der Waals surface area contributed by atoms with Gasteiger partial charge in [-0.1, -0.05) is 23.4 Å². The van der Waals surface area contributed by atoms with E-state index in [1.54, 1.807) is 4.90 Å². The number of thioether (sulfide) groups is 1. The van der Waals surface area contributed by atoms with Crippen LogP contribution < -0.4 is 16.0 Å². The van der Waals surface area contributed by atoms with Crippen LogP contribution in [0.15, 0.2) is 23.4 Å². The van der Waals surface area contributed by atoms with Gasteiger partial charge in [0.25, 0.3) is 5.91 Å². The predicted octanol–water partition coefficient (Wildman–Crippen LogP) is 4.06. The van der Waals surface area contributed by atoms with Crippen molar-refractivity contribution in [3.63, 3.8) is 0 Å². The van der Waals surface area contributed by atoms with Crippen LogP contribution >= 0.6 is 23.4 Å². The third kappa shape index (κ3) is 6.20. The molecule has 1 aromatic heterocycles. The lowest BCUT2D eigenvalue weighted by Gasteiger charge is -2.37. The summed E-state index contributed by atoms with van der Waals surface area (Å²) in [5, 5.41) is 3.59. The molecule has 0 atom stereocenters. The molecule has 0 saturated carbocycles. The number of aryl methyl sites for hydroxylation is 1. The smallest absolute Gasteiger partial charge is 0.410 e. The number of carbonyl (C=O) groups excluding carboxylic acids is 2. The molecule has 3 rings (SSSR count). The number of anilines is 3. The lowest BCUT2D eigenvalue weighted by molar-refractivity contribution is 0.0240. The maximum absolute atomic E-state index is 12.3. The predicted molar refractivity (Wildman–Crippen MR) is 132 cm³/mol. The van der Waals surface area contributed by atoms with E-state index in [2.05, 4.69) is 20.2 Å². The summed E-state index contributed by atoms with van der Waals surface area (Å²) in [7, 11) is 0. The van der Waals surface area contributed by atoms with Crippen LogP contribution in [0.3, 0.4) is 0 Å². The lowest BCUT2D eigenvalue weighted by Crippen LogP contribution is -2.50. The van der Waals surface area contributed by atoms with Crippen molar-refractivity contribution in [1.82, 2.24) is 14.9 Å². The molecular weight excluding hydrogens is 464 g/mol. The molecule has 1 aromatic carbocycles. The highest BCUT2D eigenvalue weighted by Crippen LogP contribution is 2.30. The third-order valence-electron chi connectivity index (χ3n) is 5.00. The number of nitrogens with two attached hydrogens (primary N) is 1. The molecule has 1 saturated heterocycles. The van der Waals surface area contributed by atoms with Gasteiger partial charge in [0.2, 0.25) is 0 Å². The average molecular weight is 493 g/mol. The quantitative estimate of drug-likeness (QED) is 0.365. The Bertz CT molecular complexity index is 1050. The van der Waals surface area contributed by atoms with Crippen molar-refractivity contribution < 1.29 is 14.3 Å². The van der Waals surface area contributed by atoms with E-state index in [4.69, 9.17) is 22.1 Å².